The second-order valence-electron chi connectivity index (χ2n) is 10.9. The van der Waals surface area contributed by atoms with Crippen LogP contribution in [-0.2, 0) is 26.1 Å². The molecule has 0 saturated carbocycles. The Morgan fingerprint density at radius 3 is 2.21 bits per heavy atom. The van der Waals surface area contributed by atoms with Crippen LogP contribution in [0.2, 0.25) is 0 Å². The first-order valence-electron chi connectivity index (χ1n) is 13.5. The minimum atomic E-state index is -3.94. The fourth-order valence-electron chi connectivity index (χ4n) is 3.96. The lowest BCUT2D eigenvalue weighted by molar-refractivity contribution is 0.130. The standard InChI is InChI=1S/C31H34N4O6S2/c1-20(2)41-30(37)33-23-13-11-22(12-14-23)28-32-18-26(42-28)25-17-24(15-16-27(25)43(38,39)35-31(3,4)5)34-29(36)40-19-21-9-7-6-8-10-21/h6-18,20,35H,19H2,1-5H3,(H,33,37)(H,34,36). The van der Waals surface area contributed by atoms with E-state index in [4.69, 9.17) is 9.47 Å². The van der Waals surface area contributed by atoms with E-state index in [-0.39, 0.29) is 17.6 Å². The molecule has 2 amide bonds. The molecule has 1 heterocycles. The van der Waals surface area contributed by atoms with Crippen molar-refractivity contribution < 1.29 is 27.5 Å². The van der Waals surface area contributed by atoms with Gasteiger partial charge in [0, 0.05) is 34.2 Å². The van der Waals surface area contributed by atoms with Gasteiger partial charge in [0.05, 0.1) is 15.9 Å². The lowest BCUT2D eigenvalue weighted by Crippen LogP contribution is -2.40. The quantitative estimate of drug-likeness (QED) is 0.179. The molecule has 3 aromatic carbocycles. The Labute approximate surface area is 255 Å². The Hall–Kier alpha value is -4.26. The maximum absolute atomic E-state index is 13.4. The molecule has 0 unspecified atom stereocenters. The van der Waals surface area contributed by atoms with E-state index in [0.717, 1.165) is 11.1 Å². The predicted molar refractivity (Wildman–Crippen MR) is 169 cm³/mol. The number of thiazole rings is 1. The largest absolute Gasteiger partial charge is 0.447 e. The van der Waals surface area contributed by atoms with Crippen LogP contribution < -0.4 is 15.4 Å². The fraction of sp³-hybridized carbons (Fsp3) is 0.258. The van der Waals surface area contributed by atoms with Crippen molar-refractivity contribution in [1.82, 2.24) is 9.71 Å². The molecule has 0 aliphatic rings. The molecule has 0 spiro atoms. The van der Waals surface area contributed by atoms with E-state index in [1.54, 1.807) is 71.1 Å². The summed E-state index contributed by atoms with van der Waals surface area (Å²) in [5.74, 6) is 0. The zero-order valence-electron chi connectivity index (χ0n) is 24.5. The molecular weight excluding hydrogens is 588 g/mol. The number of carbonyl (C=O) groups excluding carboxylic acids is 2. The van der Waals surface area contributed by atoms with E-state index < -0.39 is 27.7 Å². The third-order valence-electron chi connectivity index (χ3n) is 5.66. The van der Waals surface area contributed by atoms with Gasteiger partial charge in [0.25, 0.3) is 0 Å². The molecule has 0 radical (unpaired) electrons. The molecule has 226 valence electrons. The summed E-state index contributed by atoms with van der Waals surface area (Å²) in [4.78, 5) is 29.6. The SMILES string of the molecule is CC(C)OC(=O)Nc1ccc(-c2ncc(-c3cc(NC(=O)OCc4ccccc4)ccc3S(=O)(=O)NC(C)(C)C)s2)cc1. The number of hydrogen-bond donors (Lipinski definition) is 3. The van der Waals surface area contributed by atoms with Crippen LogP contribution in [0.1, 0.15) is 40.2 Å². The Morgan fingerprint density at radius 1 is 0.907 bits per heavy atom. The molecule has 0 bridgehead atoms. The predicted octanol–water partition coefficient (Wildman–Crippen LogP) is 7.26. The van der Waals surface area contributed by atoms with Gasteiger partial charge in [-0.3, -0.25) is 10.6 Å². The zero-order chi connectivity index (χ0) is 31.2. The summed E-state index contributed by atoms with van der Waals surface area (Å²) in [6.07, 6.45) is 0.132. The number of rotatable bonds is 9. The summed E-state index contributed by atoms with van der Waals surface area (Å²) in [5, 5.41) is 5.99. The van der Waals surface area contributed by atoms with E-state index in [1.165, 1.54) is 23.5 Å². The summed E-state index contributed by atoms with van der Waals surface area (Å²) < 4.78 is 40.0. The van der Waals surface area contributed by atoms with Gasteiger partial charge < -0.3 is 9.47 Å². The van der Waals surface area contributed by atoms with E-state index in [0.29, 0.717) is 26.8 Å². The third-order valence-corrected chi connectivity index (χ3v) is 8.56. The van der Waals surface area contributed by atoms with Crippen LogP contribution in [-0.4, -0.2) is 37.2 Å². The molecule has 0 atom stereocenters. The van der Waals surface area contributed by atoms with Crippen molar-refractivity contribution >= 4 is 44.9 Å². The highest BCUT2D eigenvalue weighted by molar-refractivity contribution is 7.89. The van der Waals surface area contributed by atoms with Crippen LogP contribution in [0.4, 0.5) is 21.0 Å². The van der Waals surface area contributed by atoms with Gasteiger partial charge in [-0.1, -0.05) is 30.3 Å². The van der Waals surface area contributed by atoms with Gasteiger partial charge in [0.1, 0.15) is 11.6 Å². The van der Waals surface area contributed by atoms with E-state index in [1.807, 2.05) is 30.3 Å². The third kappa shape index (κ3) is 9.11. The molecule has 4 aromatic rings. The van der Waals surface area contributed by atoms with Crippen molar-refractivity contribution in [3.63, 3.8) is 0 Å². The minimum absolute atomic E-state index is 0.0454. The number of anilines is 2. The molecule has 43 heavy (non-hydrogen) atoms. The summed E-state index contributed by atoms with van der Waals surface area (Å²) in [7, 11) is -3.94. The first-order chi connectivity index (χ1) is 20.3. The maximum atomic E-state index is 13.4. The number of nitrogens with zero attached hydrogens (tertiary/aromatic N) is 1. The molecule has 0 fully saturated rings. The Balaban J connectivity index is 1.60. The molecule has 12 heteroatoms. The Morgan fingerprint density at radius 2 is 1.56 bits per heavy atom. The van der Waals surface area contributed by atoms with Crippen molar-refractivity contribution in [2.75, 3.05) is 10.6 Å². The molecule has 0 aliphatic heterocycles. The number of nitrogens with one attached hydrogen (secondary N) is 3. The Bertz CT molecular complexity index is 1680. The van der Waals surface area contributed by atoms with Crippen LogP contribution in [0, 0.1) is 0 Å². The molecular formula is C31H34N4O6S2. The van der Waals surface area contributed by atoms with Gasteiger partial charge in [-0.25, -0.2) is 27.7 Å². The van der Waals surface area contributed by atoms with Crippen LogP contribution in [0.15, 0.2) is 83.9 Å². The van der Waals surface area contributed by atoms with Crippen LogP contribution in [0.5, 0.6) is 0 Å². The number of ether oxygens (including phenoxy) is 2. The number of aromatic nitrogens is 1. The van der Waals surface area contributed by atoms with Gasteiger partial charge in [0.2, 0.25) is 10.0 Å². The van der Waals surface area contributed by atoms with Crippen molar-refractivity contribution in [2.24, 2.45) is 0 Å². The van der Waals surface area contributed by atoms with Crippen molar-refractivity contribution in [3.8, 4) is 21.0 Å². The average Bonchev–Trinajstić information content (AvgIpc) is 3.41. The normalized spacial score (nSPS) is 11.7. The highest BCUT2D eigenvalue weighted by atomic mass is 32.2. The second kappa shape index (κ2) is 13.4. The summed E-state index contributed by atoms with van der Waals surface area (Å²) >= 11 is 1.29. The van der Waals surface area contributed by atoms with E-state index >= 15 is 0 Å². The molecule has 1 aromatic heterocycles. The van der Waals surface area contributed by atoms with Crippen LogP contribution in [0.3, 0.4) is 0 Å². The number of sulfonamides is 1. The summed E-state index contributed by atoms with van der Waals surface area (Å²) in [6, 6.07) is 20.9. The van der Waals surface area contributed by atoms with Gasteiger partial charge in [-0.15, -0.1) is 11.3 Å². The van der Waals surface area contributed by atoms with Crippen LogP contribution in [0.25, 0.3) is 21.0 Å². The molecule has 3 N–H and O–H groups in total. The van der Waals surface area contributed by atoms with E-state index in [9.17, 15) is 18.0 Å². The second-order valence-corrected chi connectivity index (χ2v) is 13.6. The van der Waals surface area contributed by atoms with E-state index in [2.05, 4.69) is 20.3 Å². The lowest BCUT2D eigenvalue weighted by Gasteiger charge is -2.21. The molecule has 0 saturated heterocycles. The average molecular weight is 623 g/mol. The summed E-state index contributed by atoms with van der Waals surface area (Å²) in [6.45, 7) is 8.90. The number of carbonyl (C=O) groups is 2. The lowest BCUT2D eigenvalue weighted by atomic mass is 10.1. The first-order valence-corrected chi connectivity index (χ1v) is 15.8. The number of hydrogen-bond acceptors (Lipinski definition) is 8. The summed E-state index contributed by atoms with van der Waals surface area (Å²) in [5.41, 5.74) is 2.19. The highest BCUT2D eigenvalue weighted by Gasteiger charge is 2.26. The van der Waals surface area contributed by atoms with Gasteiger partial charge >= 0.3 is 12.2 Å². The minimum Gasteiger partial charge on any atom is -0.447 e. The highest BCUT2D eigenvalue weighted by Crippen LogP contribution is 2.37. The topological polar surface area (TPSA) is 136 Å². The van der Waals surface area contributed by atoms with Crippen molar-refractivity contribution in [2.45, 2.75) is 57.8 Å². The molecule has 10 nitrogen and oxygen atoms in total. The van der Waals surface area contributed by atoms with Crippen molar-refractivity contribution in [3.05, 3.63) is 84.6 Å². The van der Waals surface area contributed by atoms with Gasteiger partial charge in [0.15, 0.2) is 0 Å². The van der Waals surface area contributed by atoms with Gasteiger partial charge in [-0.05, 0) is 82.6 Å². The van der Waals surface area contributed by atoms with Gasteiger partial charge in [-0.2, -0.15) is 0 Å². The smallest absolute Gasteiger partial charge is 0.411 e. The van der Waals surface area contributed by atoms with Crippen molar-refractivity contribution in [1.29, 1.82) is 0 Å². The maximum Gasteiger partial charge on any atom is 0.411 e. The number of benzene rings is 3. The monoisotopic (exact) mass is 622 g/mol. The fourth-order valence-corrected chi connectivity index (χ4v) is 6.60. The number of amides is 2. The van der Waals surface area contributed by atoms with Crippen LogP contribution >= 0.6 is 11.3 Å². The first kappa shape index (κ1) is 31.7. The molecule has 0 aliphatic carbocycles. The zero-order valence-corrected chi connectivity index (χ0v) is 26.1. The Kier molecular flexibility index (Phi) is 9.84. The molecule has 4 rings (SSSR count).